The molecule has 2 aromatic carbocycles. The van der Waals surface area contributed by atoms with Crippen molar-refractivity contribution in [3.05, 3.63) is 54.1 Å². The minimum Gasteiger partial charge on any atom is -0.425 e. The molecule has 0 aliphatic heterocycles. The van der Waals surface area contributed by atoms with Gasteiger partial charge in [0.1, 0.15) is 5.75 Å². The standard InChI is InChI=1S/C27H32ClNO2/c1-2-3-4-5-6-8-21-10-12-22(13-11-21)23-14-16-25(17-15-23)31-26(30)27(20-29)18-7-9-24(28)19-27/h10-17,24H,2-9,18-19H2,1H3. The van der Waals surface area contributed by atoms with Gasteiger partial charge in [0, 0.05) is 5.38 Å². The maximum absolute atomic E-state index is 12.7. The summed E-state index contributed by atoms with van der Waals surface area (Å²) in [6.07, 6.45) is 10.1. The molecule has 3 rings (SSSR count). The highest BCUT2D eigenvalue weighted by molar-refractivity contribution is 6.20. The minimum atomic E-state index is -1.13. The van der Waals surface area contributed by atoms with Crippen LogP contribution < -0.4 is 4.74 Å². The average Bonchev–Trinajstić information content (AvgIpc) is 2.80. The van der Waals surface area contributed by atoms with Gasteiger partial charge in [-0.15, -0.1) is 11.6 Å². The number of benzene rings is 2. The summed E-state index contributed by atoms with van der Waals surface area (Å²) in [7, 11) is 0. The number of hydrogen-bond acceptors (Lipinski definition) is 3. The lowest BCUT2D eigenvalue weighted by atomic mass is 9.75. The number of esters is 1. The normalized spacial score (nSPS) is 20.7. The van der Waals surface area contributed by atoms with Crippen LogP contribution in [0.5, 0.6) is 5.75 Å². The van der Waals surface area contributed by atoms with Crippen molar-refractivity contribution in [3.8, 4) is 22.9 Å². The second kappa shape index (κ2) is 11.3. The van der Waals surface area contributed by atoms with Crippen LogP contribution in [-0.4, -0.2) is 11.3 Å². The van der Waals surface area contributed by atoms with Crippen molar-refractivity contribution >= 4 is 17.6 Å². The number of halogens is 1. The molecule has 1 aliphatic rings. The molecule has 3 nitrogen and oxygen atoms in total. The molecule has 1 aliphatic carbocycles. The highest BCUT2D eigenvalue weighted by Gasteiger charge is 2.44. The second-order valence-corrected chi connectivity index (χ2v) is 9.28. The zero-order valence-corrected chi connectivity index (χ0v) is 19.2. The summed E-state index contributed by atoms with van der Waals surface area (Å²) in [5.41, 5.74) is 2.45. The van der Waals surface area contributed by atoms with Gasteiger partial charge in [-0.25, -0.2) is 4.79 Å². The van der Waals surface area contributed by atoms with E-state index in [2.05, 4.69) is 37.3 Å². The maximum Gasteiger partial charge on any atom is 0.331 e. The number of nitrogens with zero attached hydrogens (tertiary/aromatic N) is 1. The number of rotatable bonds is 9. The van der Waals surface area contributed by atoms with Crippen molar-refractivity contribution in [2.24, 2.45) is 5.41 Å². The molecular formula is C27H32ClNO2. The lowest BCUT2D eigenvalue weighted by molar-refractivity contribution is -0.144. The molecule has 0 N–H and O–H groups in total. The molecule has 0 aromatic heterocycles. The van der Waals surface area contributed by atoms with Crippen molar-refractivity contribution in [1.82, 2.24) is 0 Å². The zero-order valence-electron chi connectivity index (χ0n) is 18.4. The van der Waals surface area contributed by atoms with Gasteiger partial charge in [0.15, 0.2) is 5.41 Å². The molecule has 4 heteroatoms. The van der Waals surface area contributed by atoms with Crippen LogP contribution in [0.1, 0.15) is 70.3 Å². The van der Waals surface area contributed by atoms with Crippen LogP contribution in [0, 0.1) is 16.7 Å². The van der Waals surface area contributed by atoms with Gasteiger partial charge in [-0.2, -0.15) is 5.26 Å². The van der Waals surface area contributed by atoms with Crippen LogP contribution >= 0.6 is 11.6 Å². The molecular weight excluding hydrogens is 406 g/mol. The van der Waals surface area contributed by atoms with E-state index in [0.717, 1.165) is 30.4 Å². The number of carbonyl (C=O) groups is 1. The number of nitriles is 1. The van der Waals surface area contributed by atoms with E-state index >= 15 is 0 Å². The average molecular weight is 438 g/mol. The minimum absolute atomic E-state index is 0.150. The van der Waals surface area contributed by atoms with Crippen molar-refractivity contribution in [3.63, 3.8) is 0 Å². The van der Waals surface area contributed by atoms with Gasteiger partial charge in [-0.3, -0.25) is 0 Å². The monoisotopic (exact) mass is 437 g/mol. The molecule has 2 atom stereocenters. The molecule has 0 bridgehead atoms. The summed E-state index contributed by atoms with van der Waals surface area (Å²) in [5.74, 6) is -0.0276. The van der Waals surface area contributed by atoms with Crippen LogP contribution in [-0.2, 0) is 11.2 Å². The Hall–Kier alpha value is -2.31. The van der Waals surface area contributed by atoms with Gasteiger partial charge in [0.25, 0.3) is 0 Å². The Balaban J connectivity index is 1.57. The quantitative estimate of drug-likeness (QED) is 0.177. The molecule has 0 saturated heterocycles. The Morgan fingerprint density at radius 1 is 1.06 bits per heavy atom. The third-order valence-electron chi connectivity index (χ3n) is 6.22. The van der Waals surface area contributed by atoms with E-state index in [1.807, 2.05) is 12.1 Å². The maximum atomic E-state index is 12.7. The van der Waals surface area contributed by atoms with E-state index in [9.17, 15) is 10.1 Å². The van der Waals surface area contributed by atoms with E-state index in [1.54, 1.807) is 12.1 Å². The first-order chi connectivity index (χ1) is 15.1. The fourth-order valence-corrected chi connectivity index (χ4v) is 4.67. The van der Waals surface area contributed by atoms with E-state index in [-0.39, 0.29) is 5.38 Å². The highest BCUT2D eigenvalue weighted by atomic mass is 35.5. The molecule has 1 fully saturated rings. The summed E-state index contributed by atoms with van der Waals surface area (Å²) < 4.78 is 5.56. The highest BCUT2D eigenvalue weighted by Crippen LogP contribution is 2.39. The van der Waals surface area contributed by atoms with Gasteiger partial charge in [-0.05, 0) is 67.3 Å². The Morgan fingerprint density at radius 3 is 2.32 bits per heavy atom. The van der Waals surface area contributed by atoms with Crippen LogP contribution in [0.2, 0.25) is 0 Å². The fourth-order valence-electron chi connectivity index (χ4n) is 4.26. The third-order valence-corrected chi connectivity index (χ3v) is 6.59. The van der Waals surface area contributed by atoms with E-state index in [1.165, 1.54) is 37.7 Å². The Kier molecular flexibility index (Phi) is 8.55. The van der Waals surface area contributed by atoms with Crippen molar-refractivity contribution in [2.75, 3.05) is 0 Å². The summed E-state index contributed by atoms with van der Waals surface area (Å²) in [4.78, 5) is 12.7. The summed E-state index contributed by atoms with van der Waals surface area (Å²) in [5, 5.41) is 9.46. The van der Waals surface area contributed by atoms with Crippen LogP contribution in [0.3, 0.4) is 0 Å². The number of aryl methyl sites for hydroxylation is 1. The smallest absolute Gasteiger partial charge is 0.331 e. The van der Waals surface area contributed by atoms with Gasteiger partial charge in [0.05, 0.1) is 6.07 Å². The first kappa shape index (κ1) is 23.4. The molecule has 2 aromatic rings. The number of hydrogen-bond donors (Lipinski definition) is 0. The van der Waals surface area contributed by atoms with Gasteiger partial charge in [-0.1, -0.05) is 69.0 Å². The van der Waals surface area contributed by atoms with E-state index in [0.29, 0.717) is 18.6 Å². The summed E-state index contributed by atoms with van der Waals surface area (Å²) in [6, 6.07) is 18.4. The number of carbonyl (C=O) groups excluding carboxylic acids is 1. The predicted octanol–water partition coefficient (Wildman–Crippen LogP) is 7.46. The zero-order chi connectivity index (χ0) is 22.1. The molecule has 0 amide bonds. The molecule has 31 heavy (non-hydrogen) atoms. The van der Waals surface area contributed by atoms with Crippen LogP contribution in [0.4, 0.5) is 0 Å². The van der Waals surface area contributed by atoms with Gasteiger partial charge >= 0.3 is 5.97 Å². The lowest BCUT2D eigenvalue weighted by Crippen LogP contribution is -2.38. The summed E-state index contributed by atoms with van der Waals surface area (Å²) in [6.45, 7) is 2.24. The molecule has 0 radical (unpaired) electrons. The van der Waals surface area contributed by atoms with Gasteiger partial charge in [0.2, 0.25) is 0 Å². The third kappa shape index (κ3) is 6.34. The number of unbranched alkanes of at least 4 members (excludes halogenated alkanes) is 4. The molecule has 0 heterocycles. The number of alkyl halides is 1. The Bertz CT molecular complexity index is 885. The van der Waals surface area contributed by atoms with E-state index in [4.69, 9.17) is 16.3 Å². The molecule has 0 spiro atoms. The van der Waals surface area contributed by atoms with Crippen molar-refractivity contribution in [1.29, 1.82) is 5.26 Å². The lowest BCUT2D eigenvalue weighted by Gasteiger charge is -2.30. The van der Waals surface area contributed by atoms with Gasteiger partial charge < -0.3 is 4.74 Å². The van der Waals surface area contributed by atoms with Crippen molar-refractivity contribution < 1.29 is 9.53 Å². The first-order valence-electron chi connectivity index (χ1n) is 11.5. The number of ether oxygens (including phenoxy) is 1. The Morgan fingerprint density at radius 2 is 1.71 bits per heavy atom. The fraction of sp³-hybridized carbons (Fsp3) is 0.481. The molecule has 1 saturated carbocycles. The first-order valence-corrected chi connectivity index (χ1v) is 12.0. The van der Waals surface area contributed by atoms with Crippen LogP contribution in [0.15, 0.2) is 48.5 Å². The SMILES string of the molecule is CCCCCCCc1ccc(-c2ccc(OC(=O)C3(C#N)CCCC(Cl)C3)cc2)cc1. The van der Waals surface area contributed by atoms with E-state index < -0.39 is 11.4 Å². The van der Waals surface area contributed by atoms with Crippen LogP contribution in [0.25, 0.3) is 11.1 Å². The molecule has 164 valence electrons. The summed E-state index contributed by atoms with van der Waals surface area (Å²) >= 11 is 6.22. The second-order valence-electron chi connectivity index (χ2n) is 8.66. The topological polar surface area (TPSA) is 50.1 Å². The Labute approximate surface area is 191 Å². The largest absolute Gasteiger partial charge is 0.425 e. The van der Waals surface area contributed by atoms with Crippen molar-refractivity contribution in [2.45, 2.75) is 76.5 Å². The molecule has 2 unspecified atom stereocenters. The predicted molar refractivity (Wildman–Crippen MR) is 126 cm³/mol.